The van der Waals surface area contributed by atoms with Gasteiger partial charge in [0.1, 0.15) is 22.8 Å². The number of anilines is 1. The molecule has 4 rings (SSSR count). The largest absolute Gasteiger partial charge is 0.318 e. The lowest BCUT2D eigenvalue weighted by Gasteiger charge is -2.07. The number of nitrogens with zero attached hydrogens (tertiary/aromatic N) is 5. The van der Waals surface area contributed by atoms with Crippen molar-refractivity contribution in [3.63, 3.8) is 0 Å². The van der Waals surface area contributed by atoms with Crippen LogP contribution in [0.4, 0.5) is 10.1 Å². The van der Waals surface area contributed by atoms with Gasteiger partial charge in [0.25, 0.3) is 5.91 Å². The summed E-state index contributed by atoms with van der Waals surface area (Å²) in [6.07, 6.45) is 1.37. The van der Waals surface area contributed by atoms with E-state index >= 15 is 0 Å². The number of amides is 1. The van der Waals surface area contributed by atoms with Gasteiger partial charge in [-0.05, 0) is 40.8 Å². The first-order valence-corrected chi connectivity index (χ1v) is 8.91. The normalized spacial score (nSPS) is 10.7. The molecule has 4 aromatic rings. The quantitative estimate of drug-likeness (QED) is 0.562. The van der Waals surface area contributed by atoms with Crippen molar-refractivity contribution in [2.24, 2.45) is 0 Å². The number of carbonyl (C=O) groups is 1. The van der Waals surface area contributed by atoms with Crippen molar-refractivity contribution in [3.8, 4) is 16.3 Å². The Hall–Kier alpha value is -3.17. The second kappa shape index (κ2) is 7.22. The lowest BCUT2D eigenvalue weighted by atomic mass is 10.2. The molecule has 1 N–H and O–H groups in total. The van der Waals surface area contributed by atoms with Gasteiger partial charge in [-0.25, -0.2) is 14.1 Å². The fourth-order valence-corrected chi connectivity index (χ4v) is 3.34. The molecular weight excluding hydrogens is 391 g/mol. The van der Waals surface area contributed by atoms with Gasteiger partial charge in [0.2, 0.25) is 0 Å². The van der Waals surface area contributed by atoms with Gasteiger partial charge in [-0.2, -0.15) is 0 Å². The number of halogens is 2. The van der Waals surface area contributed by atoms with E-state index < -0.39 is 11.7 Å². The Balaban J connectivity index is 1.57. The third kappa shape index (κ3) is 3.69. The Kier molecular flexibility index (Phi) is 4.61. The molecule has 27 heavy (non-hydrogen) atoms. The van der Waals surface area contributed by atoms with Crippen molar-refractivity contribution >= 4 is 34.5 Å². The molecule has 2 aromatic heterocycles. The standard InChI is InChI=1S/C17H10ClFN6OS/c18-11-3-1-2-10(6-11)17-22-15(8-27-17)16(26)21-14-7-12(4-5-13(14)19)25-9-20-23-24-25/h1-9H,(H,21,26). The number of rotatable bonds is 4. The zero-order valence-electron chi connectivity index (χ0n) is 13.5. The van der Waals surface area contributed by atoms with Crippen molar-refractivity contribution in [1.29, 1.82) is 0 Å². The number of thiazole rings is 1. The Bertz CT molecular complexity index is 1110. The minimum atomic E-state index is -0.578. The van der Waals surface area contributed by atoms with E-state index in [1.54, 1.807) is 23.6 Å². The third-order valence-electron chi connectivity index (χ3n) is 3.62. The van der Waals surface area contributed by atoms with Crippen LogP contribution >= 0.6 is 22.9 Å². The topological polar surface area (TPSA) is 85.6 Å². The van der Waals surface area contributed by atoms with E-state index in [0.717, 1.165) is 5.56 Å². The van der Waals surface area contributed by atoms with Crippen molar-refractivity contribution in [2.75, 3.05) is 5.32 Å². The SMILES string of the molecule is O=C(Nc1cc(-n2cnnn2)ccc1F)c1csc(-c2cccc(Cl)c2)n1. The van der Waals surface area contributed by atoms with E-state index in [4.69, 9.17) is 11.6 Å². The first kappa shape index (κ1) is 17.3. The highest BCUT2D eigenvalue weighted by atomic mass is 35.5. The van der Waals surface area contributed by atoms with Gasteiger partial charge in [0, 0.05) is 16.0 Å². The molecule has 2 aromatic carbocycles. The average Bonchev–Trinajstić information content (AvgIpc) is 3.36. The van der Waals surface area contributed by atoms with Crippen LogP contribution in [0.15, 0.2) is 54.2 Å². The van der Waals surface area contributed by atoms with Gasteiger partial charge >= 0.3 is 0 Å². The van der Waals surface area contributed by atoms with Crippen LogP contribution in [0.5, 0.6) is 0 Å². The first-order valence-electron chi connectivity index (χ1n) is 7.66. The Morgan fingerprint density at radius 2 is 2.11 bits per heavy atom. The number of carbonyl (C=O) groups excluding carboxylic acids is 1. The molecule has 1 amide bonds. The van der Waals surface area contributed by atoms with E-state index in [2.05, 4.69) is 25.8 Å². The van der Waals surface area contributed by atoms with Crippen LogP contribution in [-0.2, 0) is 0 Å². The molecule has 2 heterocycles. The lowest BCUT2D eigenvalue weighted by Crippen LogP contribution is -2.14. The molecule has 134 valence electrons. The van der Waals surface area contributed by atoms with Crippen molar-refractivity contribution < 1.29 is 9.18 Å². The number of tetrazole rings is 1. The molecule has 0 unspecified atom stereocenters. The van der Waals surface area contributed by atoms with Crippen LogP contribution in [0.2, 0.25) is 5.02 Å². The van der Waals surface area contributed by atoms with E-state index in [0.29, 0.717) is 15.7 Å². The monoisotopic (exact) mass is 400 g/mol. The lowest BCUT2D eigenvalue weighted by molar-refractivity contribution is 0.102. The molecular formula is C17H10ClFN6OS. The van der Waals surface area contributed by atoms with E-state index in [1.807, 2.05) is 6.07 Å². The average molecular weight is 401 g/mol. The van der Waals surface area contributed by atoms with Crippen LogP contribution in [0.25, 0.3) is 16.3 Å². The summed E-state index contributed by atoms with van der Waals surface area (Å²) in [5, 5.41) is 16.2. The molecule has 0 atom stereocenters. The summed E-state index contributed by atoms with van der Waals surface area (Å²) in [5.74, 6) is -1.10. The van der Waals surface area contributed by atoms with E-state index in [1.165, 1.54) is 40.5 Å². The number of hydrogen-bond acceptors (Lipinski definition) is 6. The first-order chi connectivity index (χ1) is 13.1. The molecule has 0 spiro atoms. The van der Waals surface area contributed by atoms with E-state index in [9.17, 15) is 9.18 Å². The predicted molar refractivity (Wildman–Crippen MR) is 99.6 cm³/mol. The fourth-order valence-electron chi connectivity index (χ4n) is 2.35. The number of nitrogens with one attached hydrogen (secondary N) is 1. The highest BCUT2D eigenvalue weighted by Crippen LogP contribution is 2.26. The maximum atomic E-state index is 14.1. The van der Waals surface area contributed by atoms with Gasteiger partial charge in [0.15, 0.2) is 0 Å². The second-order valence-corrected chi connectivity index (χ2v) is 6.72. The second-order valence-electron chi connectivity index (χ2n) is 5.42. The van der Waals surface area contributed by atoms with Crippen molar-refractivity contribution in [2.45, 2.75) is 0 Å². The Morgan fingerprint density at radius 3 is 2.89 bits per heavy atom. The highest BCUT2D eigenvalue weighted by Gasteiger charge is 2.15. The Morgan fingerprint density at radius 1 is 1.22 bits per heavy atom. The molecule has 0 saturated carbocycles. The van der Waals surface area contributed by atoms with Gasteiger partial charge in [0.05, 0.1) is 11.4 Å². The summed E-state index contributed by atoms with van der Waals surface area (Å²) in [6, 6.07) is 11.3. The van der Waals surface area contributed by atoms with Gasteiger partial charge < -0.3 is 5.32 Å². The smallest absolute Gasteiger partial charge is 0.275 e. The fraction of sp³-hybridized carbons (Fsp3) is 0. The van der Waals surface area contributed by atoms with Gasteiger partial charge in [-0.15, -0.1) is 16.4 Å². The summed E-state index contributed by atoms with van der Waals surface area (Å²) in [4.78, 5) is 16.8. The maximum Gasteiger partial charge on any atom is 0.275 e. The zero-order valence-corrected chi connectivity index (χ0v) is 15.1. The molecule has 0 aliphatic carbocycles. The molecule has 0 saturated heterocycles. The minimum absolute atomic E-state index is 0.00491. The number of aromatic nitrogens is 5. The molecule has 0 aliphatic rings. The minimum Gasteiger partial charge on any atom is -0.318 e. The van der Waals surface area contributed by atoms with Crippen molar-refractivity contribution in [3.05, 3.63) is 70.7 Å². The number of benzene rings is 2. The number of hydrogen-bond donors (Lipinski definition) is 1. The molecule has 0 bridgehead atoms. The summed E-state index contributed by atoms with van der Waals surface area (Å²) in [6.45, 7) is 0. The van der Waals surface area contributed by atoms with Crippen molar-refractivity contribution in [1.82, 2.24) is 25.2 Å². The predicted octanol–water partition coefficient (Wildman–Crippen LogP) is 3.83. The molecule has 0 fully saturated rings. The summed E-state index contributed by atoms with van der Waals surface area (Å²) < 4.78 is 15.5. The van der Waals surface area contributed by atoms with Crippen LogP contribution in [0, 0.1) is 5.82 Å². The van der Waals surface area contributed by atoms with Crippen LogP contribution < -0.4 is 5.32 Å². The molecule has 0 aliphatic heterocycles. The van der Waals surface area contributed by atoms with E-state index in [-0.39, 0.29) is 11.4 Å². The molecule has 0 radical (unpaired) electrons. The van der Waals surface area contributed by atoms with Crippen LogP contribution in [0.1, 0.15) is 10.5 Å². The summed E-state index contributed by atoms with van der Waals surface area (Å²) >= 11 is 7.29. The molecule has 7 nitrogen and oxygen atoms in total. The maximum absolute atomic E-state index is 14.1. The third-order valence-corrected chi connectivity index (χ3v) is 4.75. The Labute approximate surface area is 161 Å². The molecule has 10 heteroatoms. The van der Waals surface area contributed by atoms with Gasteiger partial charge in [-0.1, -0.05) is 23.7 Å². The summed E-state index contributed by atoms with van der Waals surface area (Å²) in [5.41, 5.74) is 1.50. The zero-order chi connectivity index (χ0) is 18.8. The van der Waals surface area contributed by atoms with Crippen LogP contribution in [0.3, 0.4) is 0 Å². The van der Waals surface area contributed by atoms with Gasteiger partial charge in [-0.3, -0.25) is 4.79 Å². The van der Waals surface area contributed by atoms with Crippen LogP contribution in [-0.4, -0.2) is 31.1 Å². The highest BCUT2D eigenvalue weighted by molar-refractivity contribution is 7.13. The summed E-state index contributed by atoms with van der Waals surface area (Å²) in [7, 11) is 0.